The minimum Gasteiger partial charge on any atom is -1.00 e. The number of rotatable bonds is 4. The number of aliphatic hydroxyl groups is 2. The molecule has 0 aliphatic carbocycles. The summed E-state index contributed by atoms with van der Waals surface area (Å²) in [6.07, 6.45) is 0. The number of hydrogen-bond acceptors (Lipinski definition) is 6. The summed E-state index contributed by atoms with van der Waals surface area (Å²) in [6.45, 7) is 10.0. The quantitative estimate of drug-likeness (QED) is 0.152. The van der Waals surface area contributed by atoms with E-state index in [4.69, 9.17) is 56.9 Å². The van der Waals surface area contributed by atoms with Crippen molar-refractivity contribution in [2.24, 2.45) is 10.8 Å². The summed E-state index contributed by atoms with van der Waals surface area (Å²) < 4.78 is 0. The van der Waals surface area contributed by atoms with Crippen LogP contribution in [0.2, 0.25) is 20.1 Å². The minimum atomic E-state index is -0.766. The molecule has 39 heavy (non-hydrogen) atoms. The molecule has 0 bridgehead atoms. The first-order valence-electron chi connectivity index (χ1n) is 11.0. The van der Waals surface area contributed by atoms with Crippen LogP contribution in [0.4, 0.5) is 0 Å². The van der Waals surface area contributed by atoms with E-state index in [9.17, 15) is 19.8 Å². The van der Waals surface area contributed by atoms with Crippen molar-refractivity contribution in [1.29, 1.82) is 10.5 Å². The Morgan fingerprint density at radius 3 is 1.18 bits per heavy atom. The number of nitrogens with zero attached hydrogens (tertiary/aromatic N) is 2. The first-order chi connectivity index (χ1) is 17.4. The number of Topliss-reactive ketones (excluding diaryl/α,β-unsaturated/α-hetero) is 2. The standard InChI is InChI=1S/2C14H13Cl2NO2.Mg.2H/c2*1-14(2,3)13(19)10(7-17)12(18)9-5-4-8(15)6-11(9)16;;;/h2*4-6,18H,1-3H3;;;/q;;+2;2*-1. The van der Waals surface area contributed by atoms with Crippen molar-refractivity contribution in [3.05, 3.63) is 78.8 Å². The summed E-state index contributed by atoms with van der Waals surface area (Å²) in [6, 6.07) is 12.3. The van der Waals surface area contributed by atoms with Gasteiger partial charge in [0.1, 0.15) is 34.8 Å². The predicted octanol–water partition coefficient (Wildman–Crippen LogP) is 8.65. The molecular formula is C28H28Cl4MgN2O4. The molecule has 0 amide bonds. The van der Waals surface area contributed by atoms with Gasteiger partial charge in [0.15, 0.2) is 11.6 Å². The van der Waals surface area contributed by atoms with Crippen LogP contribution in [0.15, 0.2) is 47.5 Å². The molecule has 11 heteroatoms. The third-order valence-corrected chi connectivity index (χ3v) is 5.98. The van der Waals surface area contributed by atoms with Crippen LogP contribution in [-0.2, 0) is 9.59 Å². The van der Waals surface area contributed by atoms with Crippen molar-refractivity contribution in [2.45, 2.75) is 41.5 Å². The average Bonchev–Trinajstić information content (AvgIpc) is 2.79. The largest absolute Gasteiger partial charge is 2.00 e. The van der Waals surface area contributed by atoms with Crippen molar-refractivity contribution in [3.63, 3.8) is 0 Å². The number of carbonyl (C=O) groups excluding carboxylic acids is 2. The number of hydrogen-bond donors (Lipinski definition) is 2. The fraction of sp³-hybridized carbons (Fsp3) is 0.286. The zero-order valence-electron chi connectivity index (χ0n) is 24.3. The van der Waals surface area contributed by atoms with Gasteiger partial charge in [-0.05, 0) is 36.4 Å². The van der Waals surface area contributed by atoms with Crippen LogP contribution >= 0.6 is 46.4 Å². The number of allylic oxidation sites excluding steroid dienone is 2. The van der Waals surface area contributed by atoms with Crippen LogP contribution in [0.5, 0.6) is 0 Å². The molecule has 2 N–H and O–H groups in total. The van der Waals surface area contributed by atoms with Gasteiger partial charge in [-0.3, -0.25) is 9.59 Å². The van der Waals surface area contributed by atoms with Crippen LogP contribution in [0.3, 0.4) is 0 Å². The van der Waals surface area contributed by atoms with E-state index >= 15 is 0 Å². The molecule has 0 saturated carbocycles. The number of ketones is 2. The Balaban J connectivity index is -0.000000656. The molecule has 0 atom stereocenters. The number of nitriles is 2. The van der Waals surface area contributed by atoms with Gasteiger partial charge >= 0.3 is 23.1 Å². The molecule has 2 aromatic rings. The molecule has 0 radical (unpaired) electrons. The first kappa shape index (κ1) is 36.8. The summed E-state index contributed by atoms with van der Waals surface area (Å²) in [4.78, 5) is 24.2. The molecule has 204 valence electrons. The maximum atomic E-state index is 12.1. The number of halogens is 4. The van der Waals surface area contributed by atoms with Gasteiger partial charge in [0.25, 0.3) is 0 Å². The fourth-order valence-corrected chi connectivity index (χ4v) is 3.80. The summed E-state index contributed by atoms with van der Waals surface area (Å²) in [7, 11) is 0. The van der Waals surface area contributed by atoms with Gasteiger partial charge in [-0.2, -0.15) is 10.5 Å². The second-order valence-electron chi connectivity index (χ2n) is 10.1. The Labute approximate surface area is 267 Å². The van der Waals surface area contributed by atoms with E-state index in [1.54, 1.807) is 53.7 Å². The minimum absolute atomic E-state index is 0. The van der Waals surface area contributed by atoms with E-state index in [0.717, 1.165) is 0 Å². The maximum absolute atomic E-state index is 12.1. The normalized spacial score (nSPS) is 12.3. The van der Waals surface area contributed by atoms with Gasteiger partial charge in [0.05, 0.1) is 10.0 Å². The number of benzene rings is 2. The SMILES string of the molecule is CC(C)(C)C(=O)C(C#N)=C(O)c1ccc(Cl)cc1Cl.CC(C)(C)C(=O)C(C#N)=C(O)c1ccc(Cl)cc1Cl.[H-].[H-].[Mg+2]. The van der Waals surface area contributed by atoms with E-state index < -0.39 is 33.9 Å². The second kappa shape index (κ2) is 15.0. The van der Waals surface area contributed by atoms with E-state index in [2.05, 4.69) is 0 Å². The number of aliphatic hydroxyl groups excluding tert-OH is 2. The summed E-state index contributed by atoms with van der Waals surface area (Å²) in [5.74, 6) is -1.75. The molecule has 0 saturated heterocycles. The third kappa shape index (κ3) is 10.0. The number of carbonyl (C=O) groups is 2. The molecule has 2 aromatic carbocycles. The Morgan fingerprint density at radius 1 is 0.692 bits per heavy atom. The van der Waals surface area contributed by atoms with E-state index in [0.29, 0.717) is 10.0 Å². The molecule has 0 aliphatic heterocycles. The van der Waals surface area contributed by atoms with Gasteiger partial charge < -0.3 is 13.1 Å². The Morgan fingerprint density at radius 2 is 0.974 bits per heavy atom. The average molecular weight is 623 g/mol. The van der Waals surface area contributed by atoms with E-state index in [1.807, 2.05) is 0 Å². The van der Waals surface area contributed by atoms with Crippen molar-refractivity contribution in [3.8, 4) is 12.1 Å². The smallest absolute Gasteiger partial charge is 1.00 e. The molecule has 0 heterocycles. The van der Waals surface area contributed by atoms with Crippen molar-refractivity contribution in [1.82, 2.24) is 0 Å². The van der Waals surface area contributed by atoms with Gasteiger partial charge in [0.2, 0.25) is 0 Å². The molecule has 0 aromatic heterocycles. The van der Waals surface area contributed by atoms with Gasteiger partial charge in [-0.25, -0.2) is 0 Å². The molecule has 2 rings (SSSR count). The van der Waals surface area contributed by atoms with E-state index in [-0.39, 0.29) is 58.2 Å². The topological polar surface area (TPSA) is 122 Å². The van der Waals surface area contributed by atoms with Gasteiger partial charge in [-0.15, -0.1) is 0 Å². The van der Waals surface area contributed by atoms with Crippen molar-refractivity contribution >= 4 is 92.5 Å². The van der Waals surface area contributed by atoms with Crippen molar-refractivity contribution in [2.75, 3.05) is 0 Å². The van der Waals surface area contributed by atoms with Crippen LogP contribution < -0.4 is 0 Å². The summed E-state index contributed by atoms with van der Waals surface area (Å²) >= 11 is 23.4. The van der Waals surface area contributed by atoms with Crippen molar-refractivity contribution < 1.29 is 22.7 Å². The first-order valence-corrected chi connectivity index (χ1v) is 12.5. The van der Waals surface area contributed by atoms with Crippen LogP contribution in [0.25, 0.3) is 11.5 Å². The third-order valence-electron chi connectivity index (χ3n) is 4.89. The monoisotopic (exact) mass is 620 g/mol. The second-order valence-corrected chi connectivity index (χ2v) is 11.8. The molecule has 0 unspecified atom stereocenters. The molecule has 0 aliphatic rings. The molecular weight excluding hydrogens is 594 g/mol. The molecule has 6 nitrogen and oxygen atoms in total. The summed E-state index contributed by atoms with van der Waals surface area (Å²) in [5, 5.41) is 39.5. The zero-order valence-corrected chi connectivity index (χ0v) is 26.7. The maximum Gasteiger partial charge on any atom is 2.00 e. The Hall–Kier alpha value is -2.23. The fourth-order valence-electron chi connectivity index (χ4n) is 2.80. The van der Waals surface area contributed by atoms with Gasteiger partial charge in [-0.1, -0.05) is 87.9 Å². The van der Waals surface area contributed by atoms with E-state index in [1.165, 1.54) is 36.4 Å². The molecule has 0 spiro atoms. The Bertz CT molecular complexity index is 1310. The predicted molar refractivity (Wildman–Crippen MR) is 160 cm³/mol. The van der Waals surface area contributed by atoms with Crippen LogP contribution in [0.1, 0.15) is 55.5 Å². The summed E-state index contributed by atoms with van der Waals surface area (Å²) in [5.41, 5.74) is -1.73. The van der Waals surface area contributed by atoms with Crippen LogP contribution in [0, 0.1) is 33.5 Å². The van der Waals surface area contributed by atoms with Crippen LogP contribution in [-0.4, -0.2) is 44.8 Å². The zero-order chi connectivity index (χ0) is 29.6. The van der Waals surface area contributed by atoms with Gasteiger partial charge in [0, 0.05) is 32.0 Å². The Kier molecular flexibility index (Phi) is 14.1. The molecule has 0 fully saturated rings.